The zero-order valence-corrected chi connectivity index (χ0v) is 16.1. The van der Waals surface area contributed by atoms with E-state index in [4.69, 9.17) is 11.6 Å². The Morgan fingerprint density at radius 1 is 1.12 bits per heavy atom. The molecule has 0 saturated heterocycles. The lowest BCUT2D eigenvalue weighted by molar-refractivity contribution is 0.553. The fraction of sp³-hybridized carbons (Fsp3) is 0.278. The van der Waals surface area contributed by atoms with Crippen LogP contribution in [0.5, 0.6) is 0 Å². The van der Waals surface area contributed by atoms with Crippen LogP contribution < -0.4 is 4.72 Å². The molecule has 0 fully saturated rings. The van der Waals surface area contributed by atoms with Crippen molar-refractivity contribution in [2.75, 3.05) is 4.72 Å². The van der Waals surface area contributed by atoms with Gasteiger partial charge in [-0.2, -0.15) is 5.10 Å². The summed E-state index contributed by atoms with van der Waals surface area (Å²) in [7, 11) is -2.10. The Morgan fingerprint density at radius 2 is 1.76 bits per heavy atom. The number of rotatable bonds is 3. The van der Waals surface area contributed by atoms with Gasteiger partial charge in [0.25, 0.3) is 10.0 Å². The van der Waals surface area contributed by atoms with Crippen LogP contribution in [0.3, 0.4) is 0 Å². The lowest BCUT2D eigenvalue weighted by Crippen LogP contribution is -2.15. The number of benzene rings is 2. The maximum atomic E-state index is 13.0. The highest BCUT2D eigenvalue weighted by molar-refractivity contribution is 7.93. The van der Waals surface area contributed by atoms with Crippen LogP contribution in [0.15, 0.2) is 47.4 Å². The summed E-state index contributed by atoms with van der Waals surface area (Å²) in [6, 6.07) is 12.2. The highest BCUT2D eigenvalue weighted by atomic mass is 35.5. The summed E-state index contributed by atoms with van der Waals surface area (Å²) in [6.45, 7) is 6.08. The van der Waals surface area contributed by atoms with Crippen LogP contribution >= 0.6 is 11.6 Å². The third kappa shape index (κ3) is 3.37. The van der Waals surface area contributed by atoms with Gasteiger partial charge in [0.05, 0.1) is 10.6 Å². The molecule has 0 unspecified atom stereocenters. The van der Waals surface area contributed by atoms with Gasteiger partial charge in [0.2, 0.25) is 0 Å². The molecule has 0 saturated carbocycles. The summed E-state index contributed by atoms with van der Waals surface area (Å²) in [4.78, 5) is 0.147. The van der Waals surface area contributed by atoms with Crippen molar-refractivity contribution in [1.82, 2.24) is 9.78 Å². The molecule has 25 heavy (non-hydrogen) atoms. The Bertz CT molecular complexity index is 1040. The minimum atomic E-state index is -3.81. The molecular weight excluding hydrogens is 358 g/mol. The largest absolute Gasteiger partial charge is 0.264 e. The van der Waals surface area contributed by atoms with E-state index in [1.54, 1.807) is 37.4 Å². The number of aryl methyl sites for hydroxylation is 1. The van der Waals surface area contributed by atoms with Gasteiger partial charge in [-0.05, 0) is 17.5 Å². The number of aromatic nitrogens is 2. The molecule has 0 amide bonds. The van der Waals surface area contributed by atoms with Crippen LogP contribution in [0.2, 0.25) is 5.02 Å². The van der Waals surface area contributed by atoms with E-state index in [0.29, 0.717) is 16.2 Å². The van der Waals surface area contributed by atoms with Crippen molar-refractivity contribution >= 4 is 38.2 Å². The molecule has 0 bridgehead atoms. The first-order valence-electron chi connectivity index (χ1n) is 7.84. The quantitative estimate of drug-likeness (QED) is 0.739. The molecule has 0 radical (unpaired) electrons. The number of sulfonamides is 1. The first kappa shape index (κ1) is 17.8. The van der Waals surface area contributed by atoms with Gasteiger partial charge in [0.1, 0.15) is 5.82 Å². The summed E-state index contributed by atoms with van der Waals surface area (Å²) in [5.74, 6) is 0.411. The second-order valence-electron chi connectivity index (χ2n) is 6.99. The Kier molecular flexibility index (Phi) is 4.29. The predicted molar refractivity (Wildman–Crippen MR) is 102 cm³/mol. The fourth-order valence-electron chi connectivity index (χ4n) is 2.61. The van der Waals surface area contributed by atoms with Crippen molar-refractivity contribution in [3.05, 3.63) is 53.2 Å². The number of nitrogens with one attached hydrogen (secondary N) is 1. The zero-order valence-electron chi connectivity index (χ0n) is 14.5. The molecule has 3 aromatic rings. The summed E-state index contributed by atoms with van der Waals surface area (Å²) in [5.41, 5.74) is 0.633. The molecule has 0 aliphatic carbocycles. The van der Waals surface area contributed by atoms with Gasteiger partial charge >= 0.3 is 0 Å². The molecular formula is C18H20ClN3O2S. The van der Waals surface area contributed by atoms with Gasteiger partial charge in [0, 0.05) is 28.9 Å². The lowest BCUT2D eigenvalue weighted by atomic mass is 9.92. The van der Waals surface area contributed by atoms with Crippen molar-refractivity contribution in [2.45, 2.75) is 31.1 Å². The molecule has 3 rings (SSSR count). The molecule has 7 heteroatoms. The number of hydrogen-bond acceptors (Lipinski definition) is 3. The molecule has 0 atom stereocenters. The van der Waals surface area contributed by atoms with E-state index in [-0.39, 0.29) is 10.3 Å². The number of hydrogen-bond donors (Lipinski definition) is 1. The Morgan fingerprint density at radius 3 is 2.36 bits per heavy atom. The summed E-state index contributed by atoms with van der Waals surface area (Å²) in [5, 5.41) is 6.09. The van der Waals surface area contributed by atoms with E-state index in [2.05, 4.69) is 9.82 Å². The SMILES string of the molecule is Cn1nc(C(C)(C)C)cc1NS(=O)(=O)c1cccc2cccc(Cl)c12. The molecule has 1 heterocycles. The minimum Gasteiger partial charge on any atom is -0.264 e. The highest BCUT2D eigenvalue weighted by Crippen LogP contribution is 2.31. The first-order chi connectivity index (χ1) is 11.6. The number of fused-ring (bicyclic) bond motifs is 1. The summed E-state index contributed by atoms with van der Waals surface area (Å²) in [6.07, 6.45) is 0. The van der Waals surface area contributed by atoms with Crippen molar-refractivity contribution in [1.29, 1.82) is 0 Å². The first-order valence-corrected chi connectivity index (χ1v) is 9.70. The van der Waals surface area contributed by atoms with Crippen LogP contribution in [-0.2, 0) is 22.5 Å². The molecule has 5 nitrogen and oxygen atoms in total. The lowest BCUT2D eigenvalue weighted by Gasteiger charge is -2.13. The van der Waals surface area contributed by atoms with Crippen LogP contribution in [0.1, 0.15) is 26.5 Å². The summed E-state index contributed by atoms with van der Waals surface area (Å²) >= 11 is 6.26. The van der Waals surface area contributed by atoms with E-state index in [1.807, 2.05) is 32.9 Å². The molecule has 0 aliphatic heterocycles. The topological polar surface area (TPSA) is 64.0 Å². The normalized spacial score (nSPS) is 12.5. The molecule has 2 aromatic carbocycles. The average Bonchev–Trinajstić information content (AvgIpc) is 2.88. The smallest absolute Gasteiger partial charge is 0.263 e. The van der Waals surface area contributed by atoms with E-state index in [0.717, 1.165) is 11.1 Å². The zero-order chi connectivity index (χ0) is 18.4. The molecule has 0 aliphatic rings. The van der Waals surface area contributed by atoms with Gasteiger partial charge in [-0.15, -0.1) is 0 Å². The minimum absolute atomic E-state index is 0.147. The Hall–Kier alpha value is -2.05. The van der Waals surface area contributed by atoms with Crippen molar-refractivity contribution in [3.8, 4) is 0 Å². The molecule has 1 aromatic heterocycles. The fourth-order valence-corrected chi connectivity index (χ4v) is 4.28. The molecule has 132 valence electrons. The van der Waals surface area contributed by atoms with Crippen molar-refractivity contribution in [3.63, 3.8) is 0 Å². The van der Waals surface area contributed by atoms with Gasteiger partial charge in [-0.3, -0.25) is 9.40 Å². The van der Waals surface area contributed by atoms with Crippen LogP contribution in [-0.4, -0.2) is 18.2 Å². The van der Waals surface area contributed by atoms with Crippen molar-refractivity contribution < 1.29 is 8.42 Å². The van der Waals surface area contributed by atoms with E-state index >= 15 is 0 Å². The number of nitrogens with zero attached hydrogens (tertiary/aromatic N) is 2. The number of halogens is 1. The van der Waals surface area contributed by atoms with E-state index in [9.17, 15) is 8.42 Å². The Balaban J connectivity index is 2.09. The van der Waals surface area contributed by atoms with Gasteiger partial charge in [-0.1, -0.05) is 56.6 Å². The monoisotopic (exact) mass is 377 g/mol. The van der Waals surface area contributed by atoms with E-state index in [1.165, 1.54) is 4.68 Å². The second kappa shape index (κ2) is 6.04. The third-order valence-electron chi connectivity index (χ3n) is 3.99. The van der Waals surface area contributed by atoms with Gasteiger partial charge in [-0.25, -0.2) is 8.42 Å². The average molecular weight is 378 g/mol. The van der Waals surface area contributed by atoms with Crippen LogP contribution in [0, 0.1) is 0 Å². The van der Waals surface area contributed by atoms with Gasteiger partial charge < -0.3 is 0 Å². The maximum absolute atomic E-state index is 13.0. The van der Waals surface area contributed by atoms with Crippen molar-refractivity contribution in [2.24, 2.45) is 7.05 Å². The third-order valence-corrected chi connectivity index (χ3v) is 5.70. The maximum Gasteiger partial charge on any atom is 0.263 e. The second-order valence-corrected chi connectivity index (χ2v) is 9.05. The molecule has 0 spiro atoms. The highest BCUT2D eigenvalue weighted by Gasteiger charge is 2.23. The van der Waals surface area contributed by atoms with Gasteiger partial charge in [0.15, 0.2) is 0 Å². The standard InChI is InChI=1S/C18H20ClN3O2S/c1-18(2,3)15-11-16(22(4)20-15)21-25(23,24)14-10-6-8-12-7-5-9-13(19)17(12)14/h5-11,21H,1-4H3. The Labute approximate surface area is 152 Å². The summed E-state index contributed by atoms with van der Waals surface area (Å²) < 4.78 is 30.1. The van der Waals surface area contributed by atoms with Crippen LogP contribution in [0.25, 0.3) is 10.8 Å². The van der Waals surface area contributed by atoms with E-state index < -0.39 is 10.0 Å². The van der Waals surface area contributed by atoms with Crippen LogP contribution in [0.4, 0.5) is 5.82 Å². The predicted octanol–water partition coefficient (Wildman–Crippen LogP) is 4.33. The molecule has 1 N–H and O–H groups in total. The number of anilines is 1.